The van der Waals surface area contributed by atoms with Crippen LogP contribution in [0.4, 0.5) is 4.79 Å². The molecule has 0 rings (SSSR count). The molecule has 0 aliphatic carbocycles. The molecule has 0 spiro atoms. The zero-order valence-corrected chi connectivity index (χ0v) is 10.6. The van der Waals surface area contributed by atoms with Gasteiger partial charge in [-0.2, -0.15) is 0 Å². The zero-order chi connectivity index (χ0) is 12.4. The topological polar surface area (TPSA) is 41.1 Å². The molecule has 0 saturated heterocycles. The van der Waals surface area contributed by atoms with Crippen molar-refractivity contribution in [2.75, 3.05) is 18.1 Å². The van der Waals surface area contributed by atoms with Crippen LogP contribution in [0.25, 0.3) is 0 Å². The Labute approximate surface area is 102 Å². The van der Waals surface area contributed by atoms with Crippen LogP contribution in [0.5, 0.6) is 0 Å². The van der Waals surface area contributed by atoms with E-state index in [-0.39, 0.29) is 18.0 Å². The smallest absolute Gasteiger partial charge is 0.315 e. The van der Waals surface area contributed by atoms with E-state index in [4.69, 9.17) is 12.8 Å². The van der Waals surface area contributed by atoms with E-state index in [0.717, 1.165) is 5.75 Å². The highest BCUT2D eigenvalue weighted by atomic mass is 32.2. The molecule has 16 heavy (non-hydrogen) atoms. The Morgan fingerprint density at radius 2 is 2.12 bits per heavy atom. The van der Waals surface area contributed by atoms with Gasteiger partial charge in [0.25, 0.3) is 0 Å². The average molecular weight is 238 g/mol. The van der Waals surface area contributed by atoms with Crippen LogP contribution in [0, 0.1) is 30.6 Å². The molecule has 2 amide bonds. The van der Waals surface area contributed by atoms with E-state index in [1.165, 1.54) is 0 Å². The summed E-state index contributed by atoms with van der Waals surface area (Å²) in [5.41, 5.74) is 0. The second-order valence-electron chi connectivity index (χ2n) is 3.55. The molecule has 0 heterocycles. The number of thioether (sulfide) groups is 1. The molecule has 2 N–H and O–H groups in total. The van der Waals surface area contributed by atoms with Gasteiger partial charge in [-0.15, -0.1) is 24.6 Å². The SMILES string of the molecule is C#CCSCCNC(=O)N[C@H](C#C)C(C)C. The molecule has 88 valence electrons. The molecule has 1 atom stereocenters. The summed E-state index contributed by atoms with van der Waals surface area (Å²) in [4.78, 5) is 11.4. The van der Waals surface area contributed by atoms with Crippen LogP contribution < -0.4 is 10.6 Å². The maximum Gasteiger partial charge on any atom is 0.315 e. The summed E-state index contributed by atoms with van der Waals surface area (Å²) in [6.07, 6.45) is 10.4. The van der Waals surface area contributed by atoms with Gasteiger partial charge in [-0.3, -0.25) is 0 Å². The normalized spacial score (nSPS) is 11.3. The van der Waals surface area contributed by atoms with Crippen molar-refractivity contribution in [3.05, 3.63) is 0 Å². The van der Waals surface area contributed by atoms with Gasteiger partial charge in [-0.05, 0) is 5.92 Å². The lowest BCUT2D eigenvalue weighted by Crippen LogP contribution is -2.44. The van der Waals surface area contributed by atoms with Crippen molar-refractivity contribution in [2.45, 2.75) is 19.9 Å². The molecule has 0 fully saturated rings. The Morgan fingerprint density at radius 1 is 1.44 bits per heavy atom. The summed E-state index contributed by atoms with van der Waals surface area (Å²) in [7, 11) is 0. The molecule has 4 heteroatoms. The van der Waals surface area contributed by atoms with E-state index in [2.05, 4.69) is 22.5 Å². The molecule has 0 bridgehead atoms. The zero-order valence-electron chi connectivity index (χ0n) is 9.75. The summed E-state index contributed by atoms with van der Waals surface area (Å²) in [6, 6.07) is -0.448. The number of terminal acetylenes is 2. The summed E-state index contributed by atoms with van der Waals surface area (Å²) >= 11 is 1.61. The maximum atomic E-state index is 11.4. The predicted molar refractivity (Wildman–Crippen MR) is 70.2 cm³/mol. The summed E-state index contributed by atoms with van der Waals surface area (Å²) in [6.45, 7) is 4.52. The van der Waals surface area contributed by atoms with E-state index in [0.29, 0.717) is 12.3 Å². The second kappa shape index (κ2) is 9.00. The lowest BCUT2D eigenvalue weighted by Gasteiger charge is -2.16. The molecular formula is C12H18N2OS. The molecule has 0 aromatic rings. The number of rotatable bonds is 6. The molecule has 0 radical (unpaired) electrons. The van der Waals surface area contributed by atoms with Gasteiger partial charge < -0.3 is 10.6 Å². The Bertz CT molecular complexity index is 288. The molecule has 0 aliphatic heterocycles. The Hall–Kier alpha value is -1.26. The number of carbonyl (C=O) groups is 1. The molecule has 3 nitrogen and oxygen atoms in total. The first-order chi connectivity index (χ1) is 7.61. The highest BCUT2D eigenvalue weighted by Gasteiger charge is 2.12. The van der Waals surface area contributed by atoms with Gasteiger partial charge in [-0.1, -0.05) is 25.7 Å². The fourth-order valence-electron chi connectivity index (χ4n) is 0.961. The third kappa shape index (κ3) is 7.09. The predicted octanol–water partition coefficient (Wildman–Crippen LogP) is 1.31. The minimum atomic E-state index is -0.224. The van der Waals surface area contributed by atoms with E-state index in [1.54, 1.807) is 11.8 Å². The van der Waals surface area contributed by atoms with Crippen molar-refractivity contribution in [2.24, 2.45) is 5.92 Å². The van der Waals surface area contributed by atoms with Crippen molar-refractivity contribution in [3.63, 3.8) is 0 Å². The number of nitrogens with one attached hydrogen (secondary N) is 2. The van der Waals surface area contributed by atoms with Gasteiger partial charge in [0.05, 0.1) is 11.8 Å². The molecule has 0 aliphatic rings. The number of carbonyl (C=O) groups excluding carboxylic acids is 1. The Morgan fingerprint density at radius 3 is 2.62 bits per heavy atom. The number of urea groups is 1. The largest absolute Gasteiger partial charge is 0.337 e. The summed E-state index contributed by atoms with van der Waals surface area (Å²) in [5.74, 6) is 6.76. The van der Waals surface area contributed by atoms with Crippen LogP contribution in [-0.2, 0) is 0 Å². The van der Waals surface area contributed by atoms with E-state index >= 15 is 0 Å². The molecule has 0 saturated carbocycles. The van der Waals surface area contributed by atoms with Crippen LogP contribution in [-0.4, -0.2) is 30.1 Å². The first-order valence-corrected chi connectivity index (χ1v) is 6.29. The average Bonchev–Trinajstić information content (AvgIpc) is 2.25. The van der Waals surface area contributed by atoms with Crippen LogP contribution in [0.15, 0.2) is 0 Å². The lowest BCUT2D eigenvalue weighted by molar-refractivity contribution is 0.237. The Kier molecular flexibility index (Phi) is 8.29. The van der Waals surface area contributed by atoms with Crippen molar-refractivity contribution in [3.8, 4) is 24.7 Å². The molecule has 0 aromatic heterocycles. The van der Waals surface area contributed by atoms with Crippen molar-refractivity contribution in [1.29, 1.82) is 0 Å². The van der Waals surface area contributed by atoms with E-state index < -0.39 is 0 Å². The maximum absolute atomic E-state index is 11.4. The van der Waals surface area contributed by atoms with Crippen LogP contribution in [0.2, 0.25) is 0 Å². The number of hydrogen-bond donors (Lipinski definition) is 2. The third-order valence-corrected chi connectivity index (χ3v) is 2.71. The van der Waals surface area contributed by atoms with Crippen molar-refractivity contribution >= 4 is 17.8 Å². The van der Waals surface area contributed by atoms with Gasteiger partial charge >= 0.3 is 6.03 Å². The first kappa shape index (κ1) is 14.7. The third-order valence-electron chi connectivity index (χ3n) is 1.85. The van der Waals surface area contributed by atoms with Crippen molar-refractivity contribution < 1.29 is 4.79 Å². The lowest BCUT2D eigenvalue weighted by atomic mass is 10.1. The molecule has 0 unspecified atom stereocenters. The minimum Gasteiger partial charge on any atom is -0.337 e. The molecule has 0 aromatic carbocycles. The van der Waals surface area contributed by atoms with E-state index in [9.17, 15) is 4.79 Å². The highest BCUT2D eigenvalue weighted by Crippen LogP contribution is 1.99. The van der Waals surface area contributed by atoms with Crippen LogP contribution >= 0.6 is 11.8 Å². The fraction of sp³-hybridized carbons (Fsp3) is 0.583. The van der Waals surface area contributed by atoms with E-state index in [1.807, 2.05) is 13.8 Å². The second-order valence-corrected chi connectivity index (χ2v) is 4.65. The Balaban J connectivity index is 3.67. The summed E-state index contributed by atoms with van der Waals surface area (Å²) in [5, 5.41) is 5.45. The highest BCUT2D eigenvalue weighted by molar-refractivity contribution is 7.99. The number of amides is 2. The van der Waals surface area contributed by atoms with Gasteiger partial charge in [0, 0.05) is 12.3 Å². The monoisotopic (exact) mass is 238 g/mol. The standard InChI is InChI=1S/C12H18N2OS/c1-5-8-16-9-7-13-12(15)14-11(6-2)10(3)4/h1-2,10-11H,7-9H2,3-4H3,(H2,13,14,15)/t11-/m1/s1. The first-order valence-electron chi connectivity index (χ1n) is 5.13. The molecular weight excluding hydrogens is 220 g/mol. The quantitative estimate of drug-likeness (QED) is 0.541. The fourth-order valence-corrected chi connectivity index (χ4v) is 1.47. The number of hydrogen-bond acceptors (Lipinski definition) is 2. The van der Waals surface area contributed by atoms with Crippen LogP contribution in [0.1, 0.15) is 13.8 Å². The summed E-state index contributed by atoms with van der Waals surface area (Å²) < 4.78 is 0. The van der Waals surface area contributed by atoms with Gasteiger partial charge in [-0.25, -0.2) is 4.79 Å². The van der Waals surface area contributed by atoms with Gasteiger partial charge in [0.2, 0.25) is 0 Å². The van der Waals surface area contributed by atoms with Crippen molar-refractivity contribution in [1.82, 2.24) is 10.6 Å². The van der Waals surface area contributed by atoms with Gasteiger partial charge in [0.15, 0.2) is 0 Å². The van der Waals surface area contributed by atoms with Crippen LogP contribution in [0.3, 0.4) is 0 Å². The minimum absolute atomic E-state index is 0.224. The van der Waals surface area contributed by atoms with Gasteiger partial charge in [0.1, 0.15) is 0 Å².